The van der Waals surface area contributed by atoms with Crippen LogP contribution in [-0.2, 0) is 6.54 Å². The predicted octanol–water partition coefficient (Wildman–Crippen LogP) is 4.42. The minimum absolute atomic E-state index is 0.524. The van der Waals surface area contributed by atoms with Gasteiger partial charge in [0.2, 0.25) is 5.88 Å². The van der Waals surface area contributed by atoms with Gasteiger partial charge in [0.05, 0.1) is 35.1 Å². The van der Waals surface area contributed by atoms with Gasteiger partial charge < -0.3 is 9.30 Å². The smallest absolute Gasteiger partial charge is 0.224 e. The van der Waals surface area contributed by atoms with E-state index in [0.717, 1.165) is 27.5 Å². The Morgan fingerprint density at radius 2 is 1.96 bits per heavy atom. The van der Waals surface area contributed by atoms with E-state index in [2.05, 4.69) is 44.6 Å². The van der Waals surface area contributed by atoms with Crippen LogP contribution in [0, 0.1) is 6.92 Å². The molecule has 0 aliphatic carbocycles. The van der Waals surface area contributed by atoms with Crippen molar-refractivity contribution in [3.63, 3.8) is 0 Å². The molecule has 2 aliphatic rings. The lowest BCUT2D eigenvalue weighted by molar-refractivity contribution is 0.399. The first kappa shape index (κ1) is 16.8. The number of methoxy groups -OCH3 is 1. The van der Waals surface area contributed by atoms with Crippen molar-refractivity contribution in [1.29, 1.82) is 0 Å². The highest BCUT2D eigenvalue weighted by molar-refractivity contribution is 7.18. The van der Waals surface area contributed by atoms with Crippen LogP contribution in [0.15, 0.2) is 55.0 Å². The Bertz CT molecular complexity index is 1260. The lowest BCUT2D eigenvalue weighted by Gasteiger charge is -2.05. The Morgan fingerprint density at radius 3 is 2.86 bits per heavy atom. The van der Waals surface area contributed by atoms with E-state index in [1.54, 1.807) is 24.6 Å². The number of aromatic nitrogens is 5. The lowest BCUT2D eigenvalue weighted by Crippen LogP contribution is -2.00. The average Bonchev–Trinajstić information content (AvgIpc) is 3.30. The molecule has 138 valence electrons. The number of fused-ring (bicyclic) bond motifs is 2. The first-order chi connectivity index (χ1) is 13.7. The van der Waals surface area contributed by atoms with Gasteiger partial charge in [-0.1, -0.05) is 6.07 Å². The quantitative estimate of drug-likeness (QED) is 0.457. The molecule has 0 N–H and O–H groups in total. The molecular weight excluding hydrogens is 370 g/mol. The fourth-order valence-electron chi connectivity index (χ4n) is 3.20. The van der Waals surface area contributed by atoms with Crippen molar-refractivity contribution in [1.82, 2.24) is 24.5 Å². The summed E-state index contributed by atoms with van der Waals surface area (Å²) >= 11 is 1.73. The molecule has 4 heterocycles. The molecule has 0 saturated carbocycles. The van der Waals surface area contributed by atoms with E-state index in [-0.39, 0.29) is 0 Å². The maximum Gasteiger partial charge on any atom is 0.224 e. The summed E-state index contributed by atoms with van der Waals surface area (Å²) < 4.78 is 8.64. The third kappa shape index (κ3) is 2.99. The molecule has 7 heteroatoms. The van der Waals surface area contributed by atoms with Gasteiger partial charge >= 0.3 is 0 Å². The normalized spacial score (nSPS) is 11.4. The highest BCUT2D eigenvalue weighted by Gasteiger charge is 2.16. The topological polar surface area (TPSA) is 65.7 Å². The molecule has 5 rings (SSSR count). The highest BCUT2D eigenvalue weighted by Crippen LogP contribution is 2.30. The molecule has 2 aliphatic heterocycles. The van der Waals surface area contributed by atoms with E-state index in [1.807, 2.05) is 30.6 Å². The molecule has 0 unspecified atom stereocenters. The van der Waals surface area contributed by atoms with Crippen LogP contribution in [0.2, 0.25) is 0 Å². The maximum atomic E-state index is 5.33. The Kier molecular flexibility index (Phi) is 4.02. The highest BCUT2D eigenvalue weighted by atomic mass is 32.1. The van der Waals surface area contributed by atoms with E-state index in [9.17, 15) is 0 Å². The van der Waals surface area contributed by atoms with Crippen LogP contribution in [0.1, 0.15) is 10.6 Å². The van der Waals surface area contributed by atoms with Crippen LogP contribution in [-0.4, -0.2) is 31.6 Å². The van der Waals surface area contributed by atoms with Crippen molar-refractivity contribution in [2.45, 2.75) is 13.5 Å². The van der Waals surface area contributed by atoms with E-state index in [0.29, 0.717) is 18.2 Å². The van der Waals surface area contributed by atoms with Crippen molar-refractivity contribution in [2.75, 3.05) is 7.11 Å². The minimum Gasteiger partial charge on any atom is -0.480 e. The number of aryl methyl sites for hydroxylation is 1. The zero-order chi connectivity index (χ0) is 19.1. The Labute approximate surface area is 165 Å². The summed E-state index contributed by atoms with van der Waals surface area (Å²) in [6, 6.07) is 12.1. The fourth-order valence-corrected chi connectivity index (χ4v) is 4.27. The van der Waals surface area contributed by atoms with Gasteiger partial charge in [0.15, 0.2) is 5.82 Å². The summed E-state index contributed by atoms with van der Waals surface area (Å²) in [6.45, 7) is 2.80. The number of benzene rings is 1. The zero-order valence-corrected chi connectivity index (χ0v) is 16.3. The van der Waals surface area contributed by atoms with E-state index < -0.39 is 0 Å². The van der Waals surface area contributed by atoms with Crippen LogP contribution in [0.4, 0.5) is 0 Å². The first-order valence-electron chi connectivity index (χ1n) is 8.88. The van der Waals surface area contributed by atoms with E-state index in [4.69, 9.17) is 9.72 Å². The summed E-state index contributed by atoms with van der Waals surface area (Å²) in [7, 11) is 1.60. The minimum atomic E-state index is 0.524. The third-order valence-electron chi connectivity index (χ3n) is 4.54. The second kappa shape index (κ2) is 6.69. The van der Waals surface area contributed by atoms with Gasteiger partial charge in [-0.05, 0) is 42.8 Å². The third-order valence-corrected chi connectivity index (χ3v) is 5.54. The van der Waals surface area contributed by atoms with Crippen LogP contribution >= 0.6 is 11.3 Å². The van der Waals surface area contributed by atoms with E-state index >= 15 is 0 Å². The van der Waals surface area contributed by atoms with Crippen LogP contribution in [0.5, 0.6) is 5.88 Å². The molecule has 1 aromatic carbocycles. The molecule has 0 radical (unpaired) electrons. The zero-order valence-electron chi connectivity index (χ0n) is 15.5. The van der Waals surface area contributed by atoms with Gasteiger partial charge in [0, 0.05) is 18.6 Å². The summed E-state index contributed by atoms with van der Waals surface area (Å²) in [5.41, 5.74) is 4.76. The molecule has 0 atom stereocenters. The molecule has 28 heavy (non-hydrogen) atoms. The van der Waals surface area contributed by atoms with Crippen LogP contribution in [0.3, 0.4) is 0 Å². The number of hydrogen-bond donors (Lipinski definition) is 0. The van der Waals surface area contributed by atoms with Crippen molar-refractivity contribution in [2.24, 2.45) is 0 Å². The number of nitrogens with zero attached hydrogens (tertiary/aromatic N) is 5. The summed E-state index contributed by atoms with van der Waals surface area (Å²) in [5, 5.41) is 1.07. The Hall–Kier alpha value is -3.32. The largest absolute Gasteiger partial charge is 0.480 e. The molecule has 0 amide bonds. The van der Waals surface area contributed by atoms with Crippen molar-refractivity contribution in [3.05, 3.63) is 65.6 Å². The Balaban J connectivity index is 1.48. The van der Waals surface area contributed by atoms with Crippen molar-refractivity contribution in [3.8, 4) is 28.7 Å². The van der Waals surface area contributed by atoms with Gasteiger partial charge in [0.25, 0.3) is 0 Å². The second-order valence-electron chi connectivity index (χ2n) is 6.57. The molecular formula is C21H17N5OS. The van der Waals surface area contributed by atoms with Gasteiger partial charge in [-0.3, -0.25) is 0 Å². The number of thiazole rings is 1. The van der Waals surface area contributed by atoms with Gasteiger partial charge in [-0.15, -0.1) is 11.3 Å². The van der Waals surface area contributed by atoms with Gasteiger partial charge in [-0.25, -0.2) is 19.9 Å². The second-order valence-corrected chi connectivity index (χ2v) is 7.69. The molecule has 0 spiro atoms. The SMILES string of the molecule is COc1ncccc1-c1nc2ccn(Cc3nc4ccc(C)cc4s3)cc-2n1. The number of rotatable bonds is 4. The maximum absolute atomic E-state index is 5.33. The molecule has 0 saturated heterocycles. The molecule has 0 bridgehead atoms. The number of pyridine rings is 2. The fraction of sp³-hybridized carbons (Fsp3) is 0.143. The average molecular weight is 387 g/mol. The first-order valence-corrected chi connectivity index (χ1v) is 9.70. The van der Waals surface area contributed by atoms with Crippen molar-refractivity contribution < 1.29 is 4.74 Å². The van der Waals surface area contributed by atoms with Gasteiger partial charge in [-0.2, -0.15) is 0 Å². The van der Waals surface area contributed by atoms with Crippen LogP contribution < -0.4 is 4.74 Å². The van der Waals surface area contributed by atoms with Crippen LogP contribution in [0.25, 0.3) is 33.0 Å². The standard InChI is InChI=1S/C21H17N5OS/c1-13-5-6-16-18(10-13)28-19(23-16)12-26-9-7-15-17(11-26)25-20(24-15)14-4-3-8-22-21(14)27-2/h3-11H,12H2,1-2H3. The molecule has 6 nitrogen and oxygen atoms in total. The Morgan fingerprint density at radius 1 is 1.07 bits per heavy atom. The van der Waals surface area contributed by atoms with Crippen molar-refractivity contribution >= 4 is 21.6 Å². The van der Waals surface area contributed by atoms with Gasteiger partial charge in [0.1, 0.15) is 10.7 Å². The molecule has 3 aromatic rings. The number of hydrogen-bond acceptors (Lipinski definition) is 6. The number of imidazole rings is 1. The van der Waals surface area contributed by atoms with E-state index in [1.165, 1.54) is 10.3 Å². The summed E-state index contributed by atoms with van der Waals surface area (Å²) in [5.74, 6) is 1.14. The number of ether oxygens (including phenoxy) is 1. The predicted molar refractivity (Wildman–Crippen MR) is 110 cm³/mol. The summed E-state index contributed by atoms with van der Waals surface area (Å²) in [4.78, 5) is 18.3. The summed E-state index contributed by atoms with van der Waals surface area (Å²) in [6.07, 6.45) is 5.71. The lowest BCUT2D eigenvalue weighted by atomic mass is 10.2. The molecule has 0 fully saturated rings. The molecule has 2 aromatic heterocycles. The monoisotopic (exact) mass is 387 g/mol.